The van der Waals surface area contributed by atoms with Crippen LogP contribution in [0, 0.1) is 11.3 Å². The van der Waals surface area contributed by atoms with Crippen molar-refractivity contribution in [1.29, 1.82) is 5.26 Å². The number of amides is 1. The molecule has 0 atom stereocenters. The predicted octanol–water partition coefficient (Wildman–Crippen LogP) is 1.25. The second-order valence-corrected chi connectivity index (χ2v) is 3.65. The molecule has 7 heteroatoms. The van der Waals surface area contributed by atoms with Gasteiger partial charge in [0.1, 0.15) is 19.3 Å². The number of nitrogens with one attached hydrogen (secondary N) is 1. The second-order valence-electron chi connectivity index (χ2n) is 3.24. The predicted molar refractivity (Wildman–Crippen MR) is 63.3 cm³/mol. The molecule has 0 saturated heterocycles. The van der Waals surface area contributed by atoms with Crippen LogP contribution in [-0.4, -0.2) is 30.2 Å². The van der Waals surface area contributed by atoms with Crippen LogP contribution in [0.4, 0.5) is 5.69 Å². The van der Waals surface area contributed by atoms with E-state index in [1.165, 1.54) is 18.2 Å². The Morgan fingerprint density at radius 3 is 2.72 bits per heavy atom. The number of halogens is 1. The van der Waals surface area contributed by atoms with Crippen molar-refractivity contribution in [3.05, 3.63) is 28.8 Å². The van der Waals surface area contributed by atoms with Crippen LogP contribution in [0.1, 0.15) is 5.56 Å². The van der Waals surface area contributed by atoms with Gasteiger partial charge in [-0.25, -0.2) is 4.79 Å². The number of ether oxygens (including phenoxy) is 1. The Bertz CT molecular complexity index is 510. The van der Waals surface area contributed by atoms with Gasteiger partial charge in [0.2, 0.25) is 5.91 Å². The number of carbonyl (C=O) groups excluding carboxylic acids is 1. The number of aliphatic carboxylic acids is 1. The number of nitriles is 1. The van der Waals surface area contributed by atoms with Crippen LogP contribution in [0.25, 0.3) is 0 Å². The van der Waals surface area contributed by atoms with Crippen LogP contribution in [-0.2, 0) is 14.3 Å². The van der Waals surface area contributed by atoms with E-state index < -0.39 is 18.5 Å². The van der Waals surface area contributed by atoms with Crippen LogP contribution >= 0.6 is 11.6 Å². The summed E-state index contributed by atoms with van der Waals surface area (Å²) in [6, 6.07) is 6.30. The Hall–Kier alpha value is -2.10. The van der Waals surface area contributed by atoms with Crippen molar-refractivity contribution in [2.24, 2.45) is 0 Å². The molecule has 18 heavy (non-hydrogen) atoms. The van der Waals surface area contributed by atoms with E-state index in [9.17, 15) is 9.59 Å². The minimum Gasteiger partial charge on any atom is -0.480 e. The Morgan fingerprint density at radius 1 is 1.44 bits per heavy atom. The first kappa shape index (κ1) is 14.0. The Morgan fingerprint density at radius 2 is 2.17 bits per heavy atom. The zero-order chi connectivity index (χ0) is 13.5. The number of carboxylic acid groups (broad SMARTS) is 1. The van der Waals surface area contributed by atoms with Crippen LogP contribution in [0.2, 0.25) is 5.02 Å². The number of carboxylic acids is 1. The first-order valence-electron chi connectivity index (χ1n) is 4.82. The van der Waals surface area contributed by atoms with Gasteiger partial charge in [-0.3, -0.25) is 4.79 Å². The molecule has 0 heterocycles. The van der Waals surface area contributed by atoms with Gasteiger partial charge >= 0.3 is 5.97 Å². The Kier molecular flexibility index (Phi) is 5.11. The first-order valence-corrected chi connectivity index (χ1v) is 5.19. The minimum absolute atomic E-state index is 0.224. The van der Waals surface area contributed by atoms with Crippen LogP contribution in [0.3, 0.4) is 0 Å². The SMILES string of the molecule is N#Cc1ccc(NC(=O)COCC(=O)O)cc1Cl. The lowest BCUT2D eigenvalue weighted by Gasteiger charge is -2.06. The maximum absolute atomic E-state index is 11.3. The molecule has 0 aliphatic carbocycles. The highest BCUT2D eigenvalue weighted by Gasteiger charge is 2.06. The molecule has 1 aromatic carbocycles. The van der Waals surface area contributed by atoms with Gasteiger partial charge in [0.05, 0.1) is 10.6 Å². The second kappa shape index (κ2) is 6.59. The van der Waals surface area contributed by atoms with E-state index in [0.717, 1.165) is 0 Å². The van der Waals surface area contributed by atoms with Gasteiger partial charge in [-0.05, 0) is 18.2 Å². The fraction of sp³-hybridized carbons (Fsp3) is 0.182. The number of nitrogens with zero attached hydrogens (tertiary/aromatic N) is 1. The topological polar surface area (TPSA) is 99.4 Å². The summed E-state index contributed by atoms with van der Waals surface area (Å²) in [4.78, 5) is 21.5. The monoisotopic (exact) mass is 268 g/mol. The van der Waals surface area contributed by atoms with Crippen molar-refractivity contribution in [3.8, 4) is 6.07 Å². The molecule has 1 rings (SSSR count). The zero-order valence-electron chi connectivity index (χ0n) is 9.14. The lowest BCUT2D eigenvalue weighted by atomic mass is 10.2. The average molecular weight is 269 g/mol. The van der Waals surface area contributed by atoms with E-state index in [4.69, 9.17) is 22.0 Å². The average Bonchev–Trinajstić information content (AvgIpc) is 2.28. The van der Waals surface area contributed by atoms with Gasteiger partial charge in [0.15, 0.2) is 0 Å². The molecule has 0 bridgehead atoms. The molecule has 1 aromatic rings. The van der Waals surface area contributed by atoms with Crippen LogP contribution in [0.5, 0.6) is 0 Å². The molecule has 0 radical (unpaired) electrons. The number of anilines is 1. The van der Waals surface area contributed by atoms with Crippen molar-refractivity contribution >= 4 is 29.2 Å². The Balaban J connectivity index is 2.52. The summed E-state index contributed by atoms with van der Waals surface area (Å²) in [5, 5.41) is 19.6. The minimum atomic E-state index is -1.15. The summed E-state index contributed by atoms with van der Waals surface area (Å²) in [5.74, 6) is -1.65. The molecule has 6 nitrogen and oxygen atoms in total. The summed E-state index contributed by atoms with van der Waals surface area (Å²) in [6.07, 6.45) is 0. The third-order valence-corrected chi connectivity index (χ3v) is 2.14. The molecular weight excluding hydrogens is 260 g/mol. The standard InChI is InChI=1S/C11H9ClN2O4/c12-9-3-8(2-1-7(9)4-13)14-10(15)5-18-6-11(16)17/h1-3H,5-6H2,(H,14,15)(H,16,17). The molecule has 0 spiro atoms. The van der Waals surface area contributed by atoms with Gasteiger partial charge in [0.25, 0.3) is 0 Å². The lowest BCUT2D eigenvalue weighted by Crippen LogP contribution is -2.20. The summed E-state index contributed by atoms with van der Waals surface area (Å²) in [7, 11) is 0. The van der Waals surface area contributed by atoms with E-state index in [1.54, 1.807) is 0 Å². The van der Waals surface area contributed by atoms with Crippen molar-refractivity contribution in [2.75, 3.05) is 18.5 Å². The fourth-order valence-electron chi connectivity index (χ4n) is 1.11. The van der Waals surface area contributed by atoms with Gasteiger partial charge in [-0.1, -0.05) is 11.6 Å². The molecule has 0 aromatic heterocycles. The molecule has 0 fully saturated rings. The number of hydrogen-bond acceptors (Lipinski definition) is 4. The van der Waals surface area contributed by atoms with Gasteiger partial charge in [-0.2, -0.15) is 5.26 Å². The highest BCUT2D eigenvalue weighted by molar-refractivity contribution is 6.32. The number of carbonyl (C=O) groups is 2. The number of hydrogen-bond donors (Lipinski definition) is 2. The van der Waals surface area contributed by atoms with Crippen LogP contribution < -0.4 is 5.32 Å². The van der Waals surface area contributed by atoms with Crippen molar-refractivity contribution in [2.45, 2.75) is 0 Å². The maximum atomic E-state index is 11.3. The smallest absolute Gasteiger partial charge is 0.329 e. The summed E-state index contributed by atoms with van der Waals surface area (Å²) in [6.45, 7) is -0.911. The van der Waals surface area contributed by atoms with Crippen molar-refractivity contribution < 1.29 is 19.4 Å². The molecule has 0 saturated carbocycles. The molecule has 0 unspecified atom stereocenters. The van der Waals surface area contributed by atoms with Crippen LogP contribution in [0.15, 0.2) is 18.2 Å². The summed E-state index contributed by atoms with van der Waals surface area (Å²) < 4.78 is 4.61. The van der Waals surface area contributed by atoms with E-state index in [1.807, 2.05) is 6.07 Å². The third kappa shape index (κ3) is 4.41. The quantitative estimate of drug-likeness (QED) is 0.837. The van der Waals surface area contributed by atoms with Crippen molar-refractivity contribution in [3.63, 3.8) is 0 Å². The van der Waals surface area contributed by atoms with E-state index in [2.05, 4.69) is 10.1 Å². The first-order chi connectivity index (χ1) is 8.52. The Labute approximate surface area is 108 Å². The maximum Gasteiger partial charge on any atom is 0.329 e. The van der Waals surface area contributed by atoms with Gasteiger partial charge < -0.3 is 15.2 Å². The largest absolute Gasteiger partial charge is 0.480 e. The van der Waals surface area contributed by atoms with E-state index in [0.29, 0.717) is 11.3 Å². The molecule has 0 aliphatic heterocycles. The third-order valence-electron chi connectivity index (χ3n) is 1.83. The molecular formula is C11H9ClN2O4. The van der Waals surface area contributed by atoms with Gasteiger partial charge in [0, 0.05) is 5.69 Å². The molecule has 0 aliphatic rings. The summed E-state index contributed by atoms with van der Waals surface area (Å²) in [5.41, 5.74) is 0.708. The van der Waals surface area contributed by atoms with Gasteiger partial charge in [-0.15, -0.1) is 0 Å². The lowest BCUT2D eigenvalue weighted by molar-refractivity contribution is -0.143. The fourth-order valence-corrected chi connectivity index (χ4v) is 1.33. The highest BCUT2D eigenvalue weighted by atomic mass is 35.5. The zero-order valence-corrected chi connectivity index (χ0v) is 9.90. The highest BCUT2D eigenvalue weighted by Crippen LogP contribution is 2.19. The van der Waals surface area contributed by atoms with E-state index >= 15 is 0 Å². The molecule has 2 N–H and O–H groups in total. The number of rotatable bonds is 5. The van der Waals surface area contributed by atoms with E-state index in [-0.39, 0.29) is 11.6 Å². The molecule has 94 valence electrons. The number of benzene rings is 1. The molecule has 1 amide bonds. The van der Waals surface area contributed by atoms with Crippen molar-refractivity contribution in [1.82, 2.24) is 0 Å². The normalized spacial score (nSPS) is 9.56. The summed E-state index contributed by atoms with van der Waals surface area (Å²) >= 11 is 5.78.